The van der Waals surface area contributed by atoms with Gasteiger partial charge in [0.1, 0.15) is 0 Å². The maximum atomic E-state index is 11.9. The van der Waals surface area contributed by atoms with E-state index in [4.69, 9.17) is 0 Å². The fourth-order valence-electron chi connectivity index (χ4n) is 2.29. The summed E-state index contributed by atoms with van der Waals surface area (Å²) < 4.78 is 26.2. The summed E-state index contributed by atoms with van der Waals surface area (Å²) in [6, 6.07) is 17.0. The van der Waals surface area contributed by atoms with Crippen LogP contribution in [-0.2, 0) is 21.4 Å². The molecule has 0 fully saturated rings. The number of nitrogens with zero attached hydrogens (tertiary/aromatic N) is 1. The van der Waals surface area contributed by atoms with Crippen LogP contribution in [0.15, 0.2) is 60.0 Å². The van der Waals surface area contributed by atoms with Crippen LogP contribution in [0.4, 0.5) is 5.69 Å². The molecule has 2 aromatic carbocycles. The minimum atomic E-state index is -3.57. The molecule has 0 radical (unpaired) electrons. The van der Waals surface area contributed by atoms with Gasteiger partial charge in [-0.3, -0.25) is 4.79 Å². The van der Waals surface area contributed by atoms with Crippen LogP contribution in [0.1, 0.15) is 17.5 Å². The van der Waals surface area contributed by atoms with Crippen LogP contribution < -0.4 is 14.9 Å². The molecule has 2 rings (SSSR count). The molecule has 6 nitrogen and oxygen atoms in total. The third-order valence-corrected chi connectivity index (χ3v) is 4.94. The van der Waals surface area contributed by atoms with Gasteiger partial charge in [0.2, 0.25) is 15.9 Å². The van der Waals surface area contributed by atoms with Crippen LogP contribution >= 0.6 is 0 Å². The molecular formula is C20H25N3O3S. The summed E-state index contributed by atoms with van der Waals surface area (Å²) in [5, 5.41) is 3.89. The molecule has 2 aromatic rings. The minimum Gasteiger partial charge on any atom is -0.378 e. The highest BCUT2D eigenvalue weighted by molar-refractivity contribution is 7.92. The van der Waals surface area contributed by atoms with Crippen molar-refractivity contribution in [3.63, 3.8) is 0 Å². The first-order valence-corrected chi connectivity index (χ1v) is 10.2. The molecule has 0 aliphatic rings. The molecule has 0 unspecified atom stereocenters. The van der Waals surface area contributed by atoms with Crippen LogP contribution in [0.25, 0.3) is 6.08 Å². The van der Waals surface area contributed by atoms with Gasteiger partial charge < -0.3 is 10.2 Å². The van der Waals surface area contributed by atoms with Crippen molar-refractivity contribution in [1.29, 1.82) is 0 Å². The molecule has 0 aliphatic carbocycles. The lowest BCUT2D eigenvalue weighted by atomic mass is 10.2. The number of nitrogens with one attached hydrogen (secondary N) is 2. The zero-order valence-corrected chi connectivity index (χ0v) is 16.4. The monoisotopic (exact) mass is 387 g/mol. The lowest BCUT2D eigenvalue weighted by Crippen LogP contribution is -2.29. The van der Waals surface area contributed by atoms with Crippen molar-refractivity contribution in [2.24, 2.45) is 0 Å². The summed E-state index contributed by atoms with van der Waals surface area (Å²) in [4.78, 5) is 13.9. The van der Waals surface area contributed by atoms with E-state index >= 15 is 0 Å². The topological polar surface area (TPSA) is 78.5 Å². The third-order valence-electron chi connectivity index (χ3n) is 3.84. The molecule has 0 bridgehead atoms. The van der Waals surface area contributed by atoms with Crippen molar-refractivity contribution >= 4 is 27.7 Å². The van der Waals surface area contributed by atoms with Gasteiger partial charge in [-0.25, -0.2) is 13.1 Å². The number of carbonyl (C=O) groups excluding carboxylic acids is 1. The van der Waals surface area contributed by atoms with Crippen molar-refractivity contribution in [2.75, 3.05) is 25.5 Å². The molecule has 0 heterocycles. The molecule has 0 atom stereocenters. The van der Waals surface area contributed by atoms with Gasteiger partial charge in [0.25, 0.3) is 0 Å². The fraction of sp³-hybridized carbons (Fsp3) is 0.250. The van der Waals surface area contributed by atoms with E-state index in [1.54, 1.807) is 0 Å². The van der Waals surface area contributed by atoms with Crippen molar-refractivity contribution in [3.05, 3.63) is 71.1 Å². The van der Waals surface area contributed by atoms with Gasteiger partial charge >= 0.3 is 0 Å². The first-order chi connectivity index (χ1) is 12.9. The normalized spacial score (nSPS) is 11.5. The van der Waals surface area contributed by atoms with E-state index in [0.717, 1.165) is 22.2 Å². The second-order valence-electron chi connectivity index (χ2n) is 6.24. The molecule has 0 aromatic heterocycles. The van der Waals surface area contributed by atoms with Gasteiger partial charge in [-0.15, -0.1) is 0 Å². The largest absolute Gasteiger partial charge is 0.378 e. The second kappa shape index (κ2) is 9.89. The van der Waals surface area contributed by atoms with E-state index < -0.39 is 10.0 Å². The van der Waals surface area contributed by atoms with Crippen molar-refractivity contribution in [1.82, 2.24) is 10.0 Å². The van der Waals surface area contributed by atoms with Gasteiger partial charge in [-0.2, -0.15) is 0 Å². The lowest BCUT2D eigenvalue weighted by Gasteiger charge is -2.13. The number of benzene rings is 2. The molecule has 2 N–H and O–H groups in total. The third kappa shape index (κ3) is 7.64. The van der Waals surface area contributed by atoms with Gasteiger partial charge in [0.15, 0.2) is 0 Å². The van der Waals surface area contributed by atoms with E-state index in [2.05, 4.69) is 10.0 Å². The Hall–Kier alpha value is -2.64. The van der Waals surface area contributed by atoms with Gasteiger partial charge in [0.05, 0.1) is 0 Å². The molecular weight excluding hydrogens is 362 g/mol. The van der Waals surface area contributed by atoms with Gasteiger partial charge in [-0.05, 0) is 29.3 Å². The van der Waals surface area contributed by atoms with Crippen LogP contribution in [0.5, 0.6) is 0 Å². The Kier molecular flexibility index (Phi) is 7.57. The summed E-state index contributed by atoms with van der Waals surface area (Å²) in [5.41, 5.74) is 2.87. The smallest absolute Gasteiger partial charge is 0.233 e. The standard InChI is InChI=1S/C20H25N3O3S/c1-23(2)19-10-8-18(9-11-19)16-21-20(24)12-14-22-27(25,26)15-13-17-6-4-3-5-7-17/h3-11,13,15,22H,12,14,16H2,1-2H3,(H,21,24)/b15-13+. The average molecular weight is 388 g/mol. The van der Waals surface area contributed by atoms with Crippen molar-refractivity contribution < 1.29 is 13.2 Å². The first-order valence-electron chi connectivity index (χ1n) is 8.61. The summed E-state index contributed by atoms with van der Waals surface area (Å²) in [6.07, 6.45) is 1.59. The zero-order valence-electron chi connectivity index (χ0n) is 15.6. The summed E-state index contributed by atoms with van der Waals surface area (Å²) in [7, 11) is 0.360. The van der Waals surface area contributed by atoms with Crippen LogP contribution in [-0.4, -0.2) is 35.0 Å². The Morgan fingerprint density at radius 3 is 2.33 bits per heavy atom. The maximum Gasteiger partial charge on any atom is 0.233 e. The van der Waals surface area contributed by atoms with Crippen molar-refractivity contribution in [3.8, 4) is 0 Å². The number of amides is 1. The number of carbonyl (C=O) groups is 1. The molecule has 0 aliphatic heterocycles. The molecule has 0 spiro atoms. The van der Waals surface area contributed by atoms with E-state index in [-0.39, 0.29) is 18.9 Å². The number of sulfonamides is 1. The fourth-order valence-corrected chi connectivity index (χ4v) is 3.11. The number of hydrogen-bond donors (Lipinski definition) is 2. The maximum absolute atomic E-state index is 11.9. The average Bonchev–Trinajstić information content (AvgIpc) is 2.66. The minimum absolute atomic E-state index is 0.0485. The number of anilines is 1. The summed E-state index contributed by atoms with van der Waals surface area (Å²) in [5.74, 6) is -0.207. The first kappa shape index (κ1) is 20.7. The Morgan fingerprint density at radius 2 is 1.70 bits per heavy atom. The Bertz CT molecular complexity index is 861. The second-order valence-corrected chi connectivity index (χ2v) is 7.89. The highest BCUT2D eigenvalue weighted by atomic mass is 32.2. The highest BCUT2D eigenvalue weighted by Gasteiger charge is 2.07. The lowest BCUT2D eigenvalue weighted by molar-refractivity contribution is -0.121. The van der Waals surface area contributed by atoms with Gasteiger partial charge in [0, 0.05) is 44.7 Å². The van der Waals surface area contributed by atoms with Crippen LogP contribution in [0.2, 0.25) is 0 Å². The SMILES string of the molecule is CN(C)c1ccc(CNC(=O)CCNS(=O)(=O)/C=C/c2ccccc2)cc1. The summed E-state index contributed by atoms with van der Waals surface area (Å²) >= 11 is 0. The number of hydrogen-bond acceptors (Lipinski definition) is 4. The van der Waals surface area contributed by atoms with E-state index in [0.29, 0.717) is 6.54 Å². The van der Waals surface area contributed by atoms with E-state index in [1.165, 1.54) is 6.08 Å². The van der Waals surface area contributed by atoms with Gasteiger partial charge in [-0.1, -0.05) is 42.5 Å². The van der Waals surface area contributed by atoms with Crippen LogP contribution in [0.3, 0.4) is 0 Å². The predicted octanol–water partition coefficient (Wildman–Crippen LogP) is 2.35. The molecule has 0 saturated heterocycles. The molecule has 0 saturated carbocycles. The zero-order chi connectivity index (χ0) is 19.7. The molecule has 7 heteroatoms. The summed E-state index contributed by atoms with van der Waals surface area (Å²) in [6.45, 7) is 0.458. The van der Waals surface area contributed by atoms with Crippen molar-refractivity contribution in [2.45, 2.75) is 13.0 Å². The van der Waals surface area contributed by atoms with E-state index in [1.807, 2.05) is 73.6 Å². The Balaban J connectivity index is 1.72. The molecule has 144 valence electrons. The predicted molar refractivity (Wildman–Crippen MR) is 110 cm³/mol. The quantitative estimate of drug-likeness (QED) is 0.692. The Morgan fingerprint density at radius 1 is 1.04 bits per heavy atom. The highest BCUT2D eigenvalue weighted by Crippen LogP contribution is 2.12. The Labute approximate surface area is 161 Å². The number of rotatable bonds is 9. The van der Waals surface area contributed by atoms with E-state index in [9.17, 15) is 13.2 Å². The van der Waals surface area contributed by atoms with Crippen LogP contribution in [0, 0.1) is 0 Å². The molecule has 1 amide bonds. The molecule has 27 heavy (non-hydrogen) atoms.